The first kappa shape index (κ1) is 58.3. The van der Waals surface area contributed by atoms with Crippen molar-refractivity contribution in [2.75, 3.05) is 6.61 Å². The maximum Gasteiger partial charge on any atom is 0.306 e. The second-order valence-corrected chi connectivity index (χ2v) is 17.2. The molecule has 1 amide bonds. The summed E-state index contributed by atoms with van der Waals surface area (Å²) in [6.45, 7) is 6.32. The fourth-order valence-corrected chi connectivity index (χ4v) is 7.41. The fraction of sp³-hybridized carbons (Fsp3) is 0.745. The van der Waals surface area contributed by atoms with Crippen LogP contribution < -0.4 is 5.32 Å². The molecule has 0 aliphatic heterocycles. The number of amides is 1. The molecule has 0 aromatic rings. The molecule has 0 saturated heterocycles. The maximum atomic E-state index is 13.2. The molecule has 6 heteroatoms. The Morgan fingerprint density at radius 1 is 0.508 bits per heavy atom. The topological polar surface area (TPSA) is 95.9 Å². The van der Waals surface area contributed by atoms with E-state index in [1.165, 1.54) is 83.5 Å². The molecule has 0 rings (SSSR count). The molecule has 3 atom stereocenters. The van der Waals surface area contributed by atoms with Crippen LogP contribution in [0.25, 0.3) is 0 Å². The van der Waals surface area contributed by atoms with Gasteiger partial charge >= 0.3 is 5.97 Å². The van der Waals surface area contributed by atoms with Crippen LogP contribution in [0.2, 0.25) is 0 Å². The van der Waals surface area contributed by atoms with Crippen LogP contribution in [0.15, 0.2) is 72.9 Å². The van der Waals surface area contributed by atoms with E-state index in [4.69, 9.17) is 4.74 Å². The van der Waals surface area contributed by atoms with Crippen molar-refractivity contribution in [2.45, 2.75) is 257 Å². The highest BCUT2D eigenvalue weighted by Crippen LogP contribution is 2.17. The van der Waals surface area contributed by atoms with E-state index in [2.05, 4.69) is 99.0 Å². The van der Waals surface area contributed by atoms with Crippen molar-refractivity contribution in [3.8, 4) is 0 Å². The summed E-state index contributed by atoms with van der Waals surface area (Å²) in [5.41, 5.74) is 0. The number of carbonyl (C=O) groups excluding carboxylic acids is 2. The molecule has 0 bridgehead atoms. The van der Waals surface area contributed by atoms with Crippen molar-refractivity contribution in [1.29, 1.82) is 0 Å². The average molecular weight is 852 g/mol. The van der Waals surface area contributed by atoms with Crippen molar-refractivity contribution < 1.29 is 24.5 Å². The lowest BCUT2D eigenvalue weighted by Crippen LogP contribution is -2.46. The minimum Gasteiger partial charge on any atom is -0.462 e. The van der Waals surface area contributed by atoms with Crippen molar-refractivity contribution in [2.24, 2.45) is 0 Å². The standard InChI is InChI=1S/C55H97NO5/c1-4-7-10-13-16-19-22-25-26-27-30-33-36-39-42-45-48-55(60)61-51(46-43-40-37-34-31-28-23-20-17-14-11-8-5-2)49-54(59)56-52(50-57)53(58)47-44-41-38-35-32-29-24-21-18-15-12-9-6-3/h7,10,16-17,19-20,23,25-26,28,30,33,51-53,57-58H,4-6,8-9,11-15,18,21-22,24,27,29,31-32,34-50H2,1-3H3,(H,56,59)/b10-7+,19-16+,20-17+,26-25+,28-23+,33-30+. The first-order chi connectivity index (χ1) is 30.0. The number of hydrogen-bond acceptors (Lipinski definition) is 5. The van der Waals surface area contributed by atoms with Gasteiger partial charge in [-0.3, -0.25) is 9.59 Å². The van der Waals surface area contributed by atoms with Crippen LogP contribution in [0.4, 0.5) is 0 Å². The molecule has 0 aliphatic carbocycles. The molecule has 0 radical (unpaired) electrons. The number of esters is 1. The number of nitrogens with one attached hydrogen (secondary N) is 1. The molecule has 0 aromatic carbocycles. The molecule has 0 fully saturated rings. The predicted octanol–water partition coefficient (Wildman–Crippen LogP) is 15.4. The summed E-state index contributed by atoms with van der Waals surface area (Å²) in [6, 6.07) is -0.717. The van der Waals surface area contributed by atoms with Crippen molar-refractivity contribution >= 4 is 11.9 Å². The fourth-order valence-electron chi connectivity index (χ4n) is 7.41. The summed E-state index contributed by atoms with van der Waals surface area (Å²) in [5.74, 6) is -0.532. The zero-order chi connectivity index (χ0) is 44.5. The van der Waals surface area contributed by atoms with Gasteiger partial charge in [0.05, 0.1) is 25.2 Å². The number of carbonyl (C=O) groups is 2. The summed E-state index contributed by atoms with van der Waals surface area (Å²) in [6.07, 6.45) is 61.0. The Kier molecular flexibility index (Phi) is 46.2. The molecule has 6 nitrogen and oxygen atoms in total. The van der Waals surface area contributed by atoms with E-state index in [1.54, 1.807) is 0 Å². The number of allylic oxidation sites excluding steroid dienone is 12. The summed E-state index contributed by atoms with van der Waals surface area (Å²) < 4.78 is 5.91. The van der Waals surface area contributed by atoms with Gasteiger partial charge in [0.2, 0.25) is 5.91 Å². The monoisotopic (exact) mass is 852 g/mol. The largest absolute Gasteiger partial charge is 0.462 e. The van der Waals surface area contributed by atoms with E-state index >= 15 is 0 Å². The Balaban J connectivity index is 4.66. The summed E-state index contributed by atoms with van der Waals surface area (Å²) in [7, 11) is 0. The normalized spacial score (nSPS) is 13.9. The number of hydrogen-bond donors (Lipinski definition) is 3. The van der Waals surface area contributed by atoms with Crippen LogP contribution in [0.5, 0.6) is 0 Å². The molecular weight excluding hydrogens is 755 g/mol. The third-order valence-corrected chi connectivity index (χ3v) is 11.3. The lowest BCUT2D eigenvalue weighted by atomic mass is 10.0. The van der Waals surface area contributed by atoms with E-state index in [1.807, 2.05) is 0 Å². The quantitative estimate of drug-likeness (QED) is 0.0245. The number of aliphatic hydroxyl groups is 2. The first-order valence-corrected chi connectivity index (χ1v) is 25.7. The molecule has 0 aliphatic rings. The Morgan fingerprint density at radius 3 is 1.48 bits per heavy atom. The van der Waals surface area contributed by atoms with Gasteiger partial charge in [0, 0.05) is 6.42 Å². The van der Waals surface area contributed by atoms with Gasteiger partial charge in [-0.15, -0.1) is 0 Å². The highest BCUT2D eigenvalue weighted by atomic mass is 16.5. The molecule has 0 spiro atoms. The number of rotatable bonds is 45. The highest BCUT2D eigenvalue weighted by molar-refractivity contribution is 5.77. The predicted molar refractivity (Wildman–Crippen MR) is 264 cm³/mol. The van der Waals surface area contributed by atoms with Crippen molar-refractivity contribution in [3.05, 3.63) is 72.9 Å². The van der Waals surface area contributed by atoms with Gasteiger partial charge in [-0.1, -0.05) is 209 Å². The lowest BCUT2D eigenvalue weighted by Gasteiger charge is -2.24. The summed E-state index contributed by atoms with van der Waals surface area (Å²) >= 11 is 0. The number of ether oxygens (including phenoxy) is 1. The highest BCUT2D eigenvalue weighted by Gasteiger charge is 2.24. The summed E-state index contributed by atoms with van der Waals surface area (Å²) in [4.78, 5) is 26.1. The van der Waals surface area contributed by atoms with Gasteiger partial charge in [-0.2, -0.15) is 0 Å². The molecular formula is C55H97NO5. The van der Waals surface area contributed by atoms with Gasteiger partial charge in [0.1, 0.15) is 6.10 Å². The number of aliphatic hydroxyl groups excluding tert-OH is 2. The molecule has 3 N–H and O–H groups in total. The minimum absolute atomic E-state index is 0.0485. The second-order valence-electron chi connectivity index (χ2n) is 17.2. The Hall–Kier alpha value is -2.70. The van der Waals surface area contributed by atoms with Crippen molar-refractivity contribution in [1.82, 2.24) is 5.32 Å². The van der Waals surface area contributed by atoms with Gasteiger partial charge in [-0.05, 0) is 89.9 Å². The Labute approximate surface area is 377 Å². The Bertz CT molecular complexity index is 1140. The van der Waals surface area contributed by atoms with E-state index in [-0.39, 0.29) is 24.9 Å². The molecule has 61 heavy (non-hydrogen) atoms. The van der Waals surface area contributed by atoms with Crippen LogP contribution >= 0.6 is 0 Å². The van der Waals surface area contributed by atoms with Crippen molar-refractivity contribution in [3.63, 3.8) is 0 Å². The smallest absolute Gasteiger partial charge is 0.306 e. The maximum absolute atomic E-state index is 13.2. The lowest BCUT2D eigenvalue weighted by molar-refractivity contribution is -0.151. The van der Waals surface area contributed by atoms with Gasteiger partial charge in [-0.25, -0.2) is 0 Å². The SMILES string of the molecule is CC/C=C/C/C=C/C/C=C/C/C=C/CCCCCC(=O)OC(CCCCCC/C=C/C=C/CCCCC)CC(=O)NC(CO)C(O)CCCCCCCCCCCCCCC. The third-order valence-electron chi connectivity index (χ3n) is 11.3. The zero-order valence-corrected chi connectivity index (χ0v) is 40.0. The van der Waals surface area contributed by atoms with Gasteiger partial charge in [0.15, 0.2) is 0 Å². The molecule has 0 heterocycles. The van der Waals surface area contributed by atoms with Crippen LogP contribution in [0.3, 0.4) is 0 Å². The van der Waals surface area contributed by atoms with Gasteiger partial charge in [0.25, 0.3) is 0 Å². The van der Waals surface area contributed by atoms with Gasteiger partial charge < -0.3 is 20.3 Å². The van der Waals surface area contributed by atoms with E-state index in [0.717, 1.165) is 109 Å². The van der Waals surface area contributed by atoms with Crippen LogP contribution in [-0.2, 0) is 14.3 Å². The molecule has 3 unspecified atom stereocenters. The average Bonchev–Trinajstić information content (AvgIpc) is 3.25. The van der Waals surface area contributed by atoms with E-state index < -0.39 is 18.2 Å². The van der Waals surface area contributed by atoms with E-state index in [9.17, 15) is 19.8 Å². The number of unbranched alkanes of at least 4 members (excludes halogenated alkanes) is 22. The van der Waals surface area contributed by atoms with Crippen LogP contribution in [-0.4, -0.2) is 46.9 Å². The zero-order valence-electron chi connectivity index (χ0n) is 40.0. The first-order valence-electron chi connectivity index (χ1n) is 25.7. The van der Waals surface area contributed by atoms with Crippen LogP contribution in [0.1, 0.15) is 239 Å². The van der Waals surface area contributed by atoms with Crippen LogP contribution in [0, 0.1) is 0 Å². The third kappa shape index (κ3) is 43.7. The molecule has 352 valence electrons. The minimum atomic E-state index is -0.801. The second kappa shape index (κ2) is 48.3. The Morgan fingerprint density at radius 2 is 0.934 bits per heavy atom. The molecule has 0 aromatic heterocycles. The summed E-state index contributed by atoms with van der Waals surface area (Å²) in [5, 5.41) is 23.8. The molecule has 0 saturated carbocycles. The van der Waals surface area contributed by atoms with E-state index in [0.29, 0.717) is 19.3 Å².